The second-order valence-electron chi connectivity index (χ2n) is 10.9. The lowest BCUT2D eigenvalue weighted by Crippen LogP contribution is -2.43. The van der Waals surface area contributed by atoms with E-state index in [0.29, 0.717) is 15.3 Å². The second-order valence-corrected chi connectivity index (χ2v) is 14.0. The highest BCUT2D eigenvalue weighted by Crippen LogP contribution is 2.39. The number of carbonyl (C=O) groups excluding carboxylic acids is 1. The zero-order valence-electron chi connectivity index (χ0n) is 23.2. The Morgan fingerprint density at radius 3 is 2.20 bits per heavy atom. The van der Waals surface area contributed by atoms with E-state index in [4.69, 9.17) is 9.47 Å². The summed E-state index contributed by atoms with van der Waals surface area (Å²) in [5, 5.41) is 3.85. The Hall–Kier alpha value is -3.64. The van der Waals surface area contributed by atoms with Crippen molar-refractivity contribution >= 4 is 27.1 Å². The number of alkyl halides is 3. The lowest BCUT2D eigenvalue weighted by Gasteiger charge is -2.29. The predicted octanol–water partition coefficient (Wildman–Crippen LogP) is 7.19. The number of halogens is 3. The van der Waals surface area contributed by atoms with Gasteiger partial charge in [0.2, 0.25) is 0 Å². The van der Waals surface area contributed by atoms with Crippen LogP contribution in [0.15, 0.2) is 71.6 Å². The van der Waals surface area contributed by atoms with Crippen LogP contribution in [0.3, 0.4) is 0 Å². The summed E-state index contributed by atoms with van der Waals surface area (Å²) >= 11 is 1.20. The van der Waals surface area contributed by atoms with Crippen LogP contribution < -0.4 is 4.74 Å². The Balaban J connectivity index is 1.74. The van der Waals surface area contributed by atoms with E-state index < -0.39 is 38.9 Å². The summed E-state index contributed by atoms with van der Waals surface area (Å²) in [7, 11) is -3.44. The van der Waals surface area contributed by atoms with Crippen LogP contribution in [0.25, 0.3) is 26.7 Å². The number of hydrogen-bond acceptors (Lipinski definition) is 7. The van der Waals surface area contributed by atoms with Gasteiger partial charge < -0.3 is 9.47 Å². The van der Waals surface area contributed by atoms with Crippen molar-refractivity contribution in [1.29, 1.82) is 0 Å². The van der Waals surface area contributed by atoms with Gasteiger partial charge in [-0.3, -0.25) is 0 Å². The van der Waals surface area contributed by atoms with E-state index in [9.17, 15) is 26.4 Å². The molecule has 0 aliphatic rings. The first kappa shape index (κ1) is 30.3. The molecule has 2 aromatic heterocycles. The molecular weight excluding hydrogens is 577 g/mol. The Morgan fingerprint density at radius 2 is 1.56 bits per heavy atom. The summed E-state index contributed by atoms with van der Waals surface area (Å²) in [4.78, 5) is 14.0. The Morgan fingerprint density at radius 1 is 0.902 bits per heavy atom. The van der Waals surface area contributed by atoms with Gasteiger partial charge in [-0.1, -0.05) is 18.2 Å². The molecule has 0 fully saturated rings. The molecule has 2 aromatic carbocycles. The van der Waals surface area contributed by atoms with Crippen LogP contribution in [-0.4, -0.2) is 41.6 Å². The van der Waals surface area contributed by atoms with E-state index in [1.165, 1.54) is 34.2 Å². The molecule has 0 N–H and O–H groups in total. The van der Waals surface area contributed by atoms with Crippen molar-refractivity contribution in [2.45, 2.75) is 56.9 Å². The van der Waals surface area contributed by atoms with Crippen molar-refractivity contribution in [3.05, 3.63) is 72.4 Å². The third kappa shape index (κ3) is 7.17. The molecule has 0 aliphatic carbocycles. The van der Waals surface area contributed by atoms with Crippen LogP contribution in [0, 0.1) is 0 Å². The number of thiophene rings is 1. The third-order valence-electron chi connectivity index (χ3n) is 5.73. The molecule has 0 spiro atoms. The summed E-state index contributed by atoms with van der Waals surface area (Å²) in [5.41, 5.74) is -2.12. The number of esters is 1. The number of benzene rings is 2. The molecule has 12 heteroatoms. The van der Waals surface area contributed by atoms with Crippen molar-refractivity contribution in [3.63, 3.8) is 0 Å². The predicted molar refractivity (Wildman–Crippen MR) is 151 cm³/mol. The molecular formula is C29H29F3N2O5S2. The number of ether oxygens (including phenoxy) is 2. The first-order chi connectivity index (χ1) is 18.8. The van der Waals surface area contributed by atoms with Gasteiger partial charge in [0.05, 0.1) is 21.2 Å². The Labute approximate surface area is 240 Å². The third-order valence-corrected chi connectivity index (χ3v) is 8.00. The lowest BCUT2D eigenvalue weighted by molar-refractivity contribution is -0.170. The van der Waals surface area contributed by atoms with E-state index in [2.05, 4.69) is 5.10 Å². The maximum atomic E-state index is 13.8. The average Bonchev–Trinajstić information content (AvgIpc) is 3.50. The zero-order valence-corrected chi connectivity index (χ0v) is 24.9. The monoisotopic (exact) mass is 606 g/mol. The minimum atomic E-state index is -4.70. The fourth-order valence-corrected chi connectivity index (χ4v) is 5.49. The molecule has 0 amide bonds. The van der Waals surface area contributed by atoms with Crippen LogP contribution in [0.5, 0.6) is 5.75 Å². The molecule has 41 heavy (non-hydrogen) atoms. The van der Waals surface area contributed by atoms with Crippen molar-refractivity contribution < 1.29 is 35.9 Å². The fourth-order valence-electron chi connectivity index (χ4n) is 3.82. The number of sulfone groups is 1. The molecule has 4 aromatic rings. The van der Waals surface area contributed by atoms with Gasteiger partial charge in [0.15, 0.2) is 21.1 Å². The molecule has 7 nitrogen and oxygen atoms in total. The van der Waals surface area contributed by atoms with Crippen LogP contribution in [-0.2, 0) is 25.5 Å². The molecule has 0 aliphatic heterocycles. The van der Waals surface area contributed by atoms with Crippen molar-refractivity contribution in [2.24, 2.45) is 0 Å². The van der Waals surface area contributed by atoms with Gasteiger partial charge in [0.1, 0.15) is 11.4 Å². The quantitative estimate of drug-likeness (QED) is 0.207. The standard InChI is InChI=1S/C29H29F3N2O5S2/c1-27(2,3)39-26(35)28(4,5)38-20-11-8-10-19(16-20)34-22(17-25(33-34)29(30,31)32)24-14-13-23(40-24)18-9-7-12-21(15-18)41(6,36)37/h7-17H,1-6H3. The largest absolute Gasteiger partial charge is 0.476 e. The van der Waals surface area contributed by atoms with Crippen LogP contribution in [0.1, 0.15) is 40.3 Å². The van der Waals surface area contributed by atoms with Crippen molar-refractivity contribution in [3.8, 4) is 32.4 Å². The topological polar surface area (TPSA) is 87.5 Å². The maximum Gasteiger partial charge on any atom is 0.435 e. The van der Waals surface area contributed by atoms with E-state index in [0.717, 1.165) is 12.3 Å². The smallest absolute Gasteiger partial charge is 0.435 e. The highest BCUT2D eigenvalue weighted by molar-refractivity contribution is 7.90. The number of rotatable bonds is 7. The molecule has 0 atom stereocenters. The number of carbonyl (C=O) groups is 1. The minimum absolute atomic E-state index is 0.139. The van der Waals surface area contributed by atoms with Gasteiger partial charge in [-0.15, -0.1) is 11.3 Å². The Bertz CT molecular complexity index is 1700. The van der Waals surface area contributed by atoms with Gasteiger partial charge in [-0.2, -0.15) is 18.3 Å². The summed E-state index contributed by atoms with van der Waals surface area (Å²) in [5.74, 6) is -0.363. The molecule has 4 rings (SSSR count). The SMILES string of the molecule is CC(C)(C)OC(=O)C(C)(C)Oc1cccc(-n2nc(C(F)(F)F)cc2-c2ccc(-c3cccc(S(C)(=O)=O)c3)s2)c1. The molecule has 0 bridgehead atoms. The van der Waals surface area contributed by atoms with E-state index in [1.807, 2.05) is 0 Å². The second kappa shape index (κ2) is 10.6. The Kier molecular flexibility index (Phi) is 7.87. The fraction of sp³-hybridized carbons (Fsp3) is 0.310. The van der Waals surface area contributed by atoms with Crippen LogP contribution in [0.2, 0.25) is 0 Å². The van der Waals surface area contributed by atoms with E-state index in [-0.39, 0.29) is 22.0 Å². The first-order valence-corrected chi connectivity index (χ1v) is 15.2. The van der Waals surface area contributed by atoms with Crippen molar-refractivity contribution in [1.82, 2.24) is 9.78 Å². The highest BCUT2D eigenvalue weighted by atomic mass is 32.2. The average molecular weight is 607 g/mol. The number of hydrogen-bond donors (Lipinski definition) is 0. The summed E-state index contributed by atoms with van der Waals surface area (Å²) < 4.78 is 77.8. The van der Waals surface area contributed by atoms with Gasteiger partial charge in [-0.05, 0) is 82.6 Å². The molecule has 2 heterocycles. The zero-order chi connectivity index (χ0) is 30.4. The minimum Gasteiger partial charge on any atom is -0.476 e. The normalized spacial score (nSPS) is 12.8. The van der Waals surface area contributed by atoms with Gasteiger partial charge in [0, 0.05) is 17.2 Å². The van der Waals surface area contributed by atoms with Gasteiger partial charge in [0.25, 0.3) is 0 Å². The molecule has 0 saturated carbocycles. The molecule has 218 valence electrons. The molecule has 0 unspecified atom stereocenters. The van der Waals surface area contributed by atoms with Gasteiger partial charge in [-0.25, -0.2) is 17.9 Å². The van der Waals surface area contributed by atoms with Crippen molar-refractivity contribution in [2.75, 3.05) is 6.26 Å². The van der Waals surface area contributed by atoms with Crippen LogP contribution >= 0.6 is 11.3 Å². The number of nitrogens with zero attached hydrogens (tertiary/aromatic N) is 2. The lowest BCUT2D eigenvalue weighted by atomic mass is 10.1. The summed E-state index contributed by atoms with van der Waals surface area (Å²) in [6.07, 6.45) is -3.59. The molecule has 0 saturated heterocycles. The van der Waals surface area contributed by atoms with E-state index >= 15 is 0 Å². The molecule has 0 radical (unpaired) electrons. The van der Waals surface area contributed by atoms with E-state index in [1.54, 1.807) is 77.1 Å². The summed E-state index contributed by atoms with van der Waals surface area (Å²) in [6.45, 7) is 8.29. The highest BCUT2D eigenvalue weighted by Gasteiger charge is 2.36. The number of aromatic nitrogens is 2. The summed E-state index contributed by atoms with van der Waals surface area (Å²) in [6, 6.07) is 16.9. The van der Waals surface area contributed by atoms with Crippen LogP contribution in [0.4, 0.5) is 13.2 Å². The van der Waals surface area contributed by atoms with Gasteiger partial charge >= 0.3 is 12.1 Å². The first-order valence-electron chi connectivity index (χ1n) is 12.4. The maximum absolute atomic E-state index is 13.8.